The smallest absolute Gasteiger partial charge is 0.141 e. The number of nitrogens with one attached hydrogen (secondary N) is 1. The van der Waals surface area contributed by atoms with E-state index in [9.17, 15) is 0 Å². The van der Waals surface area contributed by atoms with Crippen molar-refractivity contribution in [2.45, 2.75) is 18.3 Å². The average molecular weight is 341 g/mol. The zero-order chi connectivity index (χ0) is 17.6. The molecule has 0 unspecified atom stereocenters. The molecule has 128 valence electrons. The largest absolute Gasteiger partial charge is 0.346 e. The summed E-state index contributed by atoms with van der Waals surface area (Å²) in [6.07, 6.45) is 9.20. The molecule has 5 rings (SSSR count). The summed E-state index contributed by atoms with van der Waals surface area (Å²) in [4.78, 5) is 16.4. The Morgan fingerprint density at radius 3 is 2.62 bits per heavy atom. The molecule has 0 atom stereocenters. The lowest BCUT2D eigenvalue weighted by Gasteiger charge is -2.28. The molecule has 1 aromatic carbocycles. The maximum absolute atomic E-state index is 6.28. The Balaban J connectivity index is 1.61. The van der Waals surface area contributed by atoms with Crippen molar-refractivity contribution < 1.29 is 0 Å². The van der Waals surface area contributed by atoms with E-state index in [2.05, 4.69) is 50.3 Å². The number of pyridine rings is 1. The van der Waals surface area contributed by atoms with Crippen LogP contribution in [0.25, 0.3) is 22.3 Å². The Bertz CT molecular complexity index is 1070. The normalized spacial score (nSPS) is 15.3. The molecule has 5 heteroatoms. The topological polar surface area (TPSA) is 80.5 Å². The third-order valence-corrected chi connectivity index (χ3v) is 5.54. The quantitative estimate of drug-likeness (QED) is 0.600. The number of hydrogen-bond acceptors (Lipinski definition) is 4. The lowest BCUT2D eigenvalue weighted by atomic mass is 9.78. The van der Waals surface area contributed by atoms with Gasteiger partial charge in [-0.15, -0.1) is 0 Å². The summed E-state index contributed by atoms with van der Waals surface area (Å²) in [5.74, 6) is 0. The molecule has 0 amide bonds. The van der Waals surface area contributed by atoms with Crippen LogP contribution in [0, 0.1) is 0 Å². The SMILES string of the molecule is NCC1(c2cncc(-c3ncnc4[nH]ccc34)c2)Cc2ccccc2C1. The van der Waals surface area contributed by atoms with Crippen molar-refractivity contribution in [1.82, 2.24) is 19.9 Å². The van der Waals surface area contributed by atoms with Gasteiger partial charge in [-0.1, -0.05) is 24.3 Å². The van der Waals surface area contributed by atoms with Crippen LogP contribution in [-0.2, 0) is 18.3 Å². The highest BCUT2D eigenvalue weighted by molar-refractivity contribution is 5.90. The second-order valence-electron chi connectivity index (χ2n) is 7.03. The number of benzene rings is 1. The lowest BCUT2D eigenvalue weighted by molar-refractivity contribution is 0.462. The first kappa shape index (κ1) is 15.2. The number of fused-ring (bicyclic) bond motifs is 2. The summed E-state index contributed by atoms with van der Waals surface area (Å²) in [6, 6.07) is 12.8. The Labute approximate surface area is 151 Å². The van der Waals surface area contributed by atoms with E-state index in [1.807, 2.05) is 24.7 Å². The molecule has 0 spiro atoms. The molecule has 0 fully saturated rings. The van der Waals surface area contributed by atoms with Crippen molar-refractivity contribution in [3.05, 3.63) is 78.0 Å². The van der Waals surface area contributed by atoms with Gasteiger partial charge in [0, 0.05) is 41.5 Å². The van der Waals surface area contributed by atoms with Gasteiger partial charge < -0.3 is 10.7 Å². The molecule has 3 aromatic heterocycles. The predicted octanol–water partition coefficient (Wildman–Crippen LogP) is 3.02. The van der Waals surface area contributed by atoms with Crippen LogP contribution in [0.2, 0.25) is 0 Å². The Morgan fingerprint density at radius 2 is 1.85 bits per heavy atom. The van der Waals surface area contributed by atoms with Gasteiger partial charge in [-0.2, -0.15) is 0 Å². The summed E-state index contributed by atoms with van der Waals surface area (Å²) in [5, 5.41) is 1.00. The van der Waals surface area contributed by atoms with Gasteiger partial charge in [-0.25, -0.2) is 9.97 Å². The number of H-pyrrole nitrogens is 1. The number of rotatable bonds is 3. The average Bonchev–Trinajstić information content (AvgIpc) is 3.32. The van der Waals surface area contributed by atoms with Crippen molar-refractivity contribution >= 4 is 11.0 Å². The zero-order valence-electron chi connectivity index (χ0n) is 14.3. The Morgan fingerprint density at radius 1 is 1.04 bits per heavy atom. The fraction of sp³-hybridized carbons (Fsp3) is 0.190. The van der Waals surface area contributed by atoms with E-state index < -0.39 is 0 Å². The summed E-state index contributed by atoms with van der Waals surface area (Å²) in [5.41, 5.74) is 12.9. The molecular weight excluding hydrogens is 322 g/mol. The van der Waals surface area contributed by atoms with Gasteiger partial charge in [0.05, 0.1) is 5.69 Å². The van der Waals surface area contributed by atoms with E-state index in [-0.39, 0.29) is 5.41 Å². The van der Waals surface area contributed by atoms with Crippen LogP contribution in [0.5, 0.6) is 0 Å². The summed E-state index contributed by atoms with van der Waals surface area (Å²) < 4.78 is 0. The van der Waals surface area contributed by atoms with Crippen molar-refractivity contribution in [2.75, 3.05) is 6.54 Å². The van der Waals surface area contributed by atoms with Crippen LogP contribution in [0.4, 0.5) is 0 Å². The number of hydrogen-bond donors (Lipinski definition) is 2. The van der Waals surface area contributed by atoms with Gasteiger partial charge in [-0.05, 0) is 41.7 Å². The van der Waals surface area contributed by atoms with Gasteiger partial charge in [-0.3, -0.25) is 4.98 Å². The highest BCUT2D eigenvalue weighted by Crippen LogP contribution is 2.40. The van der Waals surface area contributed by atoms with Crippen molar-refractivity contribution in [1.29, 1.82) is 0 Å². The van der Waals surface area contributed by atoms with Gasteiger partial charge in [0.25, 0.3) is 0 Å². The molecule has 3 N–H and O–H groups in total. The van der Waals surface area contributed by atoms with E-state index in [1.165, 1.54) is 16.7 Å². The highest BCUT2D eigenvalue weighted by atomic mass is 14.9. The highest BCUT2D eigenvalue weighted by Gasteiger charge is 2.38. The summed E-state index contributed by atoms with van der Waals surface area (Å²) in [6.45, 7) is 0.593. The van der Waals surface area contributed by atoms with Crippen LogP contribution < -0.4 is 5.73 Å². The molecule has 1 aliphatic carbocycles. The molecule has 26 heavy (non-hydrogen) atoms. The Hall–Kier alpha value is -3.05. The van der Waals surface area contributed by atoms with E-state index >= 15 is 0 Å². The van der Waals surface area contributed by atoms with Gasteiger partial charge in [0.1, 0.15) is 12.0 Å². The maximum Gasteiger partial charge on any atom is 0.141 e. The fourth-order valence-corrected chi connectivity index (χ4v) is 4.12. The van der Waals surface area contributed by atoms with E-state index in [4.69, 9.17) is 5.73 Å². The molecule has 0 aliphatic heterocycles. The molecule has 0 saturated carbocycles. The number of aromatic amines is 1. The Kier molecular flexibility index (Phi) is 3.36. The van der Waals surface area contributed by atoms with Crippen molar-refractivity contribution in [3.8, 4) is 11.3 Å². The molecule has 3 heterocycles. The standard InChI is InChI=1S/C21H19N5/c22-12-21(8-14-3-1-2-4-15(14)9-21)17-7-16(10-23-11-17)19-18-5-6-24-20(18)26-13-25-19/h1-7,10-11,13H,8-9,12,22H2,(H,24,25,26). The van der Waals surface area contributed by atoms with Gasteiger partial charge >= 0.3 is 0 Å². The minimum Gasteiger partial charge on any atom is -0.346 e. The van der Waals surface area contributed by atoms with Crippen LogP contribution in [-0.4, -0.2) is 26.5 Å². The molecule has 1 aliphatic rings. The van der Waals surface area contributed by atoms with Crippen LogP contribution in [0.15, 0.2) is 61.3 Å². The van der Waals surface area contributed by atoms with Gasteiger partial charge in [0.2, 0.25) is 0 Å². The summed E-state index contributed by atoms with van der Waals surface area (Å²) >= 11 is 0. The van der Waals surface area contributed by atoms with E-state index in [0.29, 0.717) is 6.54 Å². The van der Waals surface area contributed by atoms with Gasteiger partial charge in [0.15, 0.2) is 0 Å². The maximum atomic E-state index is 6.28. The minimum atomic E-state index is -0.100. The molecule has 0 saturated heterocycles. The number of aromatic nitrogens is 4. The van der Waals surface area contributed by atoms with E-state index in [1.54, 1.807) is 6.33 Å². The monoisotopic (exact) mass is 341 g/mol. The first-order valence-corrected chi connectivity index (χ1v) is 8.80. The number of nitrogens with zero attached hydrogens (tertiary/aromatic N) is 3. The molecule has 4 aromatic rings. The van der Waals surface area contributed by atoms with Crippen LogP contribution in [0.1, 0.15) is 16.7 Å². The lowest BCUT2D eigenvalue weighted by Crippen LogP contribution is -2.36. The third kappa shape index (κ3) is 2.24. The third-order valence-electron chi connectivity index (χ3n) is 5.54. The zero-order valence-corrected chi connectivity index (χ0v) is 14.3. The van der Waals surface area contributed by atoms with Crippen molar-refractivity contribution in [2.24, 2.45) is 5.73 Å². The molecule has 0 bridgehead atoms. The molecular formula is C21H19N5. The van der Waals surface area contributed by atoms with E-state index in [0.717, 1.165) is 35.1 Å². The fourth-order valence-electron chi connectivity index (χ4n) is 4.12. The van der Waals surface area contributed by atoms with Crippen molar-refractivity contribution in [3.63, 3.8) is 0 Å². The summed E-state index contributed by atoms with van der Waals surface area (Å²) in [7, 11) is 0. The first-order valence-electron chi connectivity index (χ1n) is 8.80. The second kappa shape index (κ2) is 5.75. The molecule has 0 radical (unpaired) electrons. The number of nitrogens with two attached hydrogens (primary N) is 1. The predicted molar refractivity (Wildman–Crippen MR) is 102 cm³/mol. The van der Waals surface area contributed by atoms with Crippen LogP contribution >= 0.6 is 0 Å². The first-order chi connectivity index (χ1) is 12.8. The van der Waals surface area contributed by atoms with Crippen LogP contribution in [0.3, 0.4) is 0 Å². The molecule has 5 nitrogen and oxygen atoms in total. The minimum absolute atomic E-state index is 0.100. The second-order valence-corrected chi connectivity index (χ2v) is 7.03.